The Morgan fingerprint density at radius 2 is 1.76 bits per heavy atom. The lowest BCUT2D eigenvalue weighted by Gasteiger charge is -2.22. The number of hydrogen-bond donors (Lipinski definition) is 0. The fourth-order valence-corrected chi connectivity index (χ4v) is 5.91. The van der Waals surface area contributed by atoms with Gasteiger partial charge in [-0.25, -0.2) is 17.8 Å². The lowest BCUT2D eigenvalue weighted by atomic mass is 10.1. The zero-order valence-corrected chi connectivity index (χ0v) is 21.6. The summed E-state index contributed by atoms with van der Waals surface area (Å²) >= 11 is 1.47. The van der Waals surface area contributed by atoms with Crippen molar-refractivity contribution in [2.75, 3.05) is 37.8 Å². The molecule has 0 unspecified atom stereocenters. The Morgan fingerprint density at radius 3 is 2.39 bits per heavy atom. The minimum Gasteiger partial charge on any atom is -0.308 e. The van der Waals surface area contributed by atoms with Crippen LogP contribution in [0.4, 0.5) is 9.52 Å². The van der Waals surface area contributed by atoms with Crippen LogP contribution in [-0.4, -0.2) is 57.1 Å². The second-order valence-corrected chi connectivity index (χ2v) is 11.3. The maximum Gasteiger partial charge on any atom is 0.228 e. The average molecular weight is 514 g/mol. The number of aryl methyl sites for hydroxylation is 2. The van der Waals surface area contributed by atoms with Gasteiger partial charge in [-0.15, -0.1) is 12.4 Å². The summed E-state index contributed by atoms with van der Waals surface area (Å²) < 4.78 is 39.1. The summed E-state index contributed by atoms with van der Waals surface area (Å²) in [6.07, 6.45) is 0.266. The third-order valence-electron chi connectivity index (χ3n) is 5.10. The van der Waals surface area contributed by atoms with Gasteiger partial charge in [-0.05, 0) is 75.8 Å². The number of nitrogens with zero attached hydrogens (tertiary/aromatic N) is 3. The summed E-state index contributed by atoms with van der Waals surface area (Å²) in [5.41, 5.74) is 3.09. The van der Waals surface area contributed by atoms with Gasteiger partial charge in [-0.3, -0.25) is 9.69 Å². The quantitative estimate of drug-likeness (QED) is 0.390. The number of rotatable bonds is 9. The molecule has 0 spiro atoms. The molecule has 0 fully saturated rings. The van der Waals surface area contributed by atoms with E-state index in [9.17, 15) is 17.6 Å². The van der Waals surface area contributed by atoms with E-state index in [1.807, 2.05) is 32.8 Å². The van der Waals surface area contributed by atoms with E-state index in [-0.39, 0.29) is 41.8 Å². The minimum atomic E-state index is -3.58. The average Bonchev–Trinajstić information content (AvgIpc) is 3.12. The highest BCUT2D eigenvalue weighted by molar-refractivity contribution is 7.91. The van der Waals surface area contributed by atoms with Crippen molar-refractivity contribution in [3.63, 3.8) is 0 Å². The largest absolute Gasteiger partial charge is 0.308 e. The first kappa shape index (κ1) is 27.2. The number of fused-ring (bicyclic) bond motifs is 1. The molecule has 10 heteroatoms. The van der Waals surface area contributed by atoms with Crippen LogP contribution in [0.5, 0.6) is 0 Å². The topological polar surface area (TPSA) is 70.6 Å². The summed E-state index contributed by atoms with van der Waals surface area (Å²) in [5, 5.41) is 0.627. The molecule has 6 nitrogen and oxygen atoms in total. The van der Waals surface area contributed by atoms with Crippen molar-refractivity contribution >= 4 is 54.8 Å². The number of halogens is 2. The van der Waals surface area contributed by atoms with Gasteiger partial charge in [-0.2, -0.15) is 0 Å². The van der Waals surface area contributed by atoms with E-state index in [1.54, 1.807) is 4.90 Å². The SMILES string of the molecule is Cc1cc(C)c2nc(N(CCN(C)C)C(=O)CCCS(=O)(=O)c3ccc(F)cc3)sc2c1.Cl. The lowest BCUT2D eigenvalue weighted by molar-refractivity contribution is -0.118. The molecule has 0 radical (unpaired) electrons. The lowest BCUT2D eigenvalue weighted by Crippen LogP contribution is -2.36. The van der Waals surface area contributed by atoms with Crippen LogP contribution >= 0.6 is 23.7 Å². The van der Waals surface area contributed by atoms with Crippen LogP contribution in [0.15, 0.2) is 41.3 Å². The number of thiazole rings is 1. The van der Waals surface area contributed by atoms with Gasteiger partial charge in [0.2, 0.25) is 5.91 Å². The standard InChI is InChI=1S/C23H28FN3O3S2.ClH/c1-16-14-17(2)22-20(15-16)31-23(25-22)27(12-11-26(3)4)21(28)6-5-13-32(29,30)19-9-7-18(24)8-10-19;/h7-10,14-15H,5-6,11-13H2,1-4H3;1H. The maximum atomic E-state index is 13.1. The molecule has 2 aromatic carbocycles. The van der Waals surface area contributed by atoms with E-state index in [4.69, 9.17) is 4.98 Å². The highest BCUT2D eigenvalue weighted by Crippen LogP contribution is 2.32. The number of anilines is 1. The molecule has 0 N–H and O–H groups in total. The molecular formula is C23H29ClFN3O3S2. The molecule has 0 aliphatic carbocycles. The van der Waals surface area contributed by atoms with Gasteiger partial charge in [0.25, 0.3) is 0 Å². The molecule has 0 saturated carbocycles. The molecule has 0 aliphatic heterocycles. The van der Waals surface area contributed by atoms with Gasteiger partial charge < -0.3 is 4.90 Å². The molecule has 33 heavy (non-hydrogen) atoms. The number of amides is 1. The molecule has 1 aromatic heterocycles. The summed E-state index contributed by atoms with van der Waals surface area (Å²) in [6, 6.07) is 8.88. The fourth-order valence-electron chi connectivity index (χ4n) is 3.41. The van der Waals surface area contributed by atoms with E-state index >= 15 is 0 Å². The molecule has 3 aromatic rings. The van der Waals surface area contributed by atoms with Crippen molar-refractivity contribution in [3.05, 3.63) is 53.3 Å². The van der Waals surface area contributed by atoms with Crippen LogP contribution in [0.2, 0.25) is 0 Å². The minimum absolute atomic E-state index is 0. The number of carbonyl (C=O) groups excluding carboxylic acids is 1. The van der Waals surface area contributed by atoms with Gasteiger partial charge in [0.05, 0.1) is 20.9 Å². The molecule has 0 atom stereocenters. The number of hydrogen-bond acceptors (Lipinski definition) is 6. The number of carbonyl (C=O) groups is 1. The molecular weight excluding hydrogens is 485 g/mol. The van der Waals surface area contributed by atoms with Gasteiger partial charge in [0.15, 0.2) is 15.0 Å². The highest BCUT2D eigenvalue weighted by atomic mass is 35.5. The van der Waals surface area contributed by atoms with Gasteiger partial charge in [-0.1, -0.05) is 17.4 Å². The number of likely N-dealkylation sites (N-methyl/N-ethyl adjacent to an activating group) is 1. The van der Waals surface area contributed by atoms with Crippen molar-refractivity contribution < 1.29 is 17.6 Å². The summed E-state index contributed by atoms with van der Waals surface area (Å²) in [4.78, 5) is 21.5. The van der Waals surface area contributed by atoms with E-state index in [1.165, 1.54) is 23.5 Å². The number of sulfone groups is 1. The molecule has 1 heterocycles. The zero-order valence-electron chi connectivity index (χ0n) is 19.2. The molecule has 1 amide bonds. The van der Waals surface area contributed by atoms with E-state index < -0.39 is 15.7 Å². The predicted molar refractivity (Wildman–Crippen MR) is 135 cm³/mol. The van der Waals surface area contributed by atoms with Crippen molar-refractivity contribution in [3.8, 4) is 0 Å². The Labute approximate surface area is 204 Å². The Bertz CT molecular complexity index is 1210. The van der Waals surface area contributed by atoms with Gasteiger partial charge in [0, 0.05) is 19.5 Å². The Hall–Kier alpha value is -2.07. The Balaban J connectivity index is 0.00000385. The summed E-state index contributed by atoms with van der Waals surface area (Å²) in [7, 11) is 0.290. The first-order chi connectivity index (χ1) is 15.1. The van der Waals surface area contributed by atoms with Crippen molar-refractivity contribution in [1.29, 1.82) is 0 Å². The van der Waals surface area contributed by atoms with E-state index in [0.29, 0.717) is 18.2 Å². The third-order valence-corrected chi connectivity index (χ3v) is 7.94. The molecule has 0 aliphatic rings. The first-order valence-corrected chi connectivity index (χ1v) is 12.8. The number of benzene rings is 2. The zero-order chi connectivity index (χ0) is 23.5. The van der Waals surface area contributed by atoms with E-state index in [2.05, 4.69) is 12.1 Å². The van der Waals surface area contributed by atoms with Crippen LogP contribution in [0.3, 0.4) is 0 Å². The summed E-state index contributed by atoms with van der Waals surface area (Å²) in [6.45, 7) is 5.16. The third kappa shape index (κ3) is 6.96. The van der Waals surface area contributed by atoms with Gasteiger partial charge >= 0.3 is 0 Å². The fraction of sp³-hybridized carbons (Fsp3) is 0.391. The van der Waals surface area contributed by atoms with Gasteiger partial charge in [0.1, 0.15) is 5.82 Å². The molecule has 180 valence electrons. The number of aromatic nitrogens is 1. The first-order valence-electron chi connectivity index (χ1n) is 10.4. The second kappa shape index (κ2) is 11.4. The van der Waals surface area contributed by atoms with Crippen molar-refractivity contribution in [2.24, 2.45) is 0 Å². The Morgan fingerprint density at radius 1 is 1.09 bits per heavy atom. The second-order valence-electron chi connectivity index (χ2n) is 8.15. The van der Waals surface area contributed by atoms with E-state index in [0.717, 1.165) is 33.5 Å². The van der Waals surface area contributed by atoms with Crippen LogP contribution in [-0.2, 0) is 14.6 Å². The molecule has 0 bridgehead atoms. The van der Waals surface area contributed by atoms with Crippen molar-refractivity contribution in [1.82, 2.24) is 9.88 Å². The van der Waals surface area contributed by atoms with Crippen LogP contribution in [0.25, 0.3) is 10.2 Å². The van der Waals surface area contributed by atoms with Crippen molar-refractivity contribution in [2.45, 2.75) is 31.6 Å². The van der Waals surface area contributed by atoms with Crippen LogP contribution in [0.1, 0.15) is 24.0 Å². The predicted octanol–water partition coefficient (Wildman–Crippen LogP) is 4.62. The normalized spacial score (nSPS) is 11.6. The highest BCUT2D eigenvalue weighted by Gasteiger charge is 2.22. The Kier molecular flexibility index (Phi) is 9.37. The maximum absolute atomic E-state index is 13.1. The monoisotopic (exact) mass is 513 g/mol. The summed E-state index contributed by atoms with van der Waals surface area (Å²) in [5.74, 6) is -0.823. The molecule has 0 saturated heterocycles. The van der Waals surface area contributed by atoms with Crippen LogP contribution < -0.4 is 4.90 Å². The molecule has 3 rings (SSSR count). The smallest absolute Gasteiger partial charge is 0.228 e. The van der Waals surface area contributed by atoms with Crippen LogP contribution in [0, 0.1) is 19.7 Å².